The molecule has 1 heterocycles. The summed E-state index contributed by atoms with van der Waals surface area (Å²) >= 11 is 0. The molecule has 2 amide bonds. The van der Waals surface area contributed by atoms with Crippen molar-refractivity contribution in [2.45, 2.75) is 17.9 Å². The quantitative estimate of drug-likeness (QED) is 0.669. The zero-order valence-corrected chi connectivity index (χ0v) is 12.0. The average Bonchev–Trinajstić information content (AvgIpc) is 2.90. The van der Waals surface area contributed by atoms with Crippen molar-refractivity contribution >= 4 is 21.7 Å². The number of hydrogen-bond donors (Lipinski definition) is 4. The Kier molecular flexibility index (Phi) is 4.24. The fraction of sp³-hybridized carbons (Fsp3) is 0.167. The van der Waals surface area contributed by atoms with E-state index < -0.39 is 10.0 Å². The van der Waals surface area contributed by atoms with Gasteiger partial charge in [0.05, 0.1) is 22.8 Å². The fourth-order valence-corrected chi connectivity index (χ4v) is 2.23. The summed E-state index contributed by atoms with van der Waals surface area (Å²) in [5.41, 5.74) is 1.30. The maximum atomic E-state index is 11.7. The van der Waals surface area contributed by atoms with E-state index in [2.05, 4.69) is 20.8 Å². The largest absolute Gasteiger partial charge is 0.331 e. The third-order valence-corrected chi connectivity index (χ3v) is 3.74. The van der Waals surface area contributed by atoms with E-state index >= 15 is 0 Å². The van der Waals surface area contributed by atoms with E-state index in [1.807, 2.05) is 0 Å². The summed E-state index contributed by atoms with van der Waals surface area (Å²) in [5.74, 6) is 0. The maximum Gasteiger partial charge on any atom is 0.319 e. The topological polar surface area (TPSA) is 130 Å². The molecule has 0 radical (unpaired) electrons. The molecule has 0 aliphatic heterocycles. The predicted octanol–water partition coefficient (Wildman–Crippen LogP) is 0.940. The highest BCUT2D eigenvalue weighted by molar-refractivity contribution is 7.89. The first-order valence-corrected chi connectivity index (χ1v) is 7.60. The van der Waals surface area contributed by atoms with Crippen molar-refractivity contribution < 1.29 is 13.2 Å². The van der Waals surface area contributed by atoms with Crippen LogP contribution in [0.5, 0.6) is 0 Å². The second-order valence-corrected chi connectivity index (χ2v) is 5.98. The highest BCUT2D eigenvalue weighted by Crippen LogP contribution is 2.15. The fourth-order valence-electron chi connectivity index (χ4n) is 1.71. The van der Waals surface area contributed by atoms with Gasteiger partial charge in [-0.1, -0.05) is 12.1 Å². The zero-order chi connectivity index (χ0) is 15.5. The predicted molar refractivity (Wildman–Crippen MR) is 77.0 cm³/mol. The van der Waals surface area contributed by atoms with E-state index in [4.69, 9.17) is 5.14 Å². The number of sulfonamides is 1. The van der Waals surface area contributed by atoms with Crippen molar-refractivity contribution in [2.24, 2.45) is 5.14 Å². The third-order valence-electron chi connectivity index (χ3n) is 2.81. The first-order chi connectivity index (χ1) is 9.86. The number of hydrogen-bond acceptors (Lipinski definition) is 4. The van der Waals surface area contributed by atoms with Crippen LogP contribution in [0.3, 0.4) is 0 Å². The highest BCUT2D eigenvalue weighted by atomic mass is 32.2. The van der Waals surface area contributed by atoms with Crippen molar-refractivity contribution in [3.8, 4) is 0 Å². The highest BCUT2D eigenvalue weighted by Gasteiger charge is 2.12. The molecule has 0 saturated carbocycles. The molecular formula is C12H15N5O3S. The van der Waals surface area contributed by atoms with Gasteiger partial charge in [-0.3, -0.25) is 5.10 Å². The van der Waals surface area contributed by atoms with Crippen molar-refractivity contribution in [3.63, 3.8) is 0 Å². The summed E-state index contributed by atoms with van der Waals surface area (Å²) in [6.07, 6.45) is 3.02. The van der Waals surface area contributed by atoms with Crippen LogP contribution >= 0.6 is 0 Å². The van der Waals surface area contributed by atoms with Gasteiger partial charge in [0.2, 0.25) is 10.0 Å². The Morgan fingerprint density at radius 1 is 1.33 bits per heavy atom. The molecular weight excluding hydrogens is 294 g/mol. The van der Waals surface area contributed by atoms with E-state index in [1.54, 1.807) is 25.3 Å². The molecule has 5 N–H and O–H groups in total. The van der Waals surface area contributed by atoms with Crippen LogP contribution in [0.4, 0.5) is 10.5 Å². The number of urea groups is 1. The number of aromatic amines is 1. The summed E-state index contributed by atoms with van der Waals surface area (Å²) in [6.45, 7) is 1.78. The van der Waals surface area contributed by atoms with E-state index in [0.717, 1.165) is 5.56 Å². The average molecular weight is 309 g/mol. The van der Waals surface area contributed by atoms with Crippen LogP contribution in [-0.4, -0.2) is 24.6 Å². The monoisotopic (exact) mass is 309 g/mol. The van der Waals surface area contributed by atoms with Crippen molar-refractivity contribution in [1.82, 2.24) is 15.5 Å². The molecule has 9 heteroatoms. The molecule has 0 bridgehead atoms. The molecule has 0 aliphatic rings. The van der Waals surface area contributed by atoms with Gasteiger partial charge in [0.25, 0.3) is 0 Å². The Balaban J connectivity index is 2.00. The number of aromatic nitrogens is 2. The summed E-state index contributed by atoms with van der Waals surface area (Å²) in [5, 5.41) is 16.6. The number of carbonyl (C=O) groups is 1. The smallest absolute Gasteiger partial charge is 0.319 e. The van der Waals surface area contributed by atoms with Crippen LogP contribution < -0.4 is 15.8 Å². The molecule has 1 aromatic heterocycles. The molecule has 2 rings (SSSR count). The lowest BCUT2D eigenvalue weighted by Crippen LogP contribution is -2.31. The Hall–Kier alpha value is -2.39. The van der Waals surface area contributed by atoms with Gasteiger partial charge in [-0.2, -0.15) is 5.10 Å². The number of nitrogens with zero attached hydrogens (tertiary/aromatic N) is 1. The zero-order valence-electron chi connectivity index (χ0n) is 11.2. The van der Waals surface area contributed by atoms with Gasteiger partial charge in [0.15, 0.2) is 0 Å². The first kappa shape index (κ1) is 15.0. The summed E-state index contributed by atoms with van der Waals surface area (Å²) in [7, 11) is -3.71. The summed E-state index contributed by atoms with van der Waals surface area (Å²) in [6, 6.07) is 5.31. The van der Waals surface area contributed by atoms with E-state index in [-0.39, 0.29) is 17.0 Å². The van der Waals surface area contributed by atoms with Crippen LogP contribution in [0, 0.1) is 0 Å². The first-order valence-electron chi connectivity index (χ1n) is 6.05. The van der Waals surface area contributed by atoms with Crippen molar-refractivity contribution in [2.75, 3.05) is 5.32 Å². The number of primary sulfonamides is 1. The lowest BCUT2D eigenvalue weighted by molar-refractivity contribution is 0.249. The summed E-state index contributed by atoms with van der Waals surface area (Å²) < 4.78 is 22.3. The number of amides is 2. The Morgan fingerprint density at radius 2 is 2.00 bits per heavy atom. The number of nitrogens with two attached hydrogens (primary N) is 1. The van der Waals surface area contributed by atoms with E-state index in [1.165, 1.54) is 18.3 Å². The van der Waals surface area contributed by atoms with Gasteiger partial charge in [0, 0.05) is 6.20 Å². The van der Waals surface area contributed by atoms with E-state index in [9.17, 15) is 13.2 Å². The second-order valence-electron chi connectivity index (χ2n) is 4.42. The molecule has 1 atom stereocenters. The number of rotatable bonds is 4. The maximum absolute atomic E-state index is 11.7. The summed E-state index contributed by atoms with van der Waals surface area (Å²) in [4.78, 5) is 11.8. The molecule has 0 saturated heterocycles. The van der Waals surface area contributed by atoms with Crippen LogP contribution in [0.2, 0.25) is 0 Å². The van der Waals surface area contributed by atoms with Gasteiger partial charge < -0.3 is 10.6 Å². The lowest BCUT2D eigenvalue weighted by atomic mass is 10.1. The van der Waals surface area contributed by atoms with Gasteiger partial charge in [-0.05, 0) is 24.6 Å². The second kappa shape index (κ2) is 5.94. The van der Waals surface area contributed by atoms with Crippen LogP contribution in [0.25, 0.3) is 0 Å². The van der Waals surface area contributed by atoms with Gasteiger partial charge in [-0.15, -0.1) is 0 Å². The van der Waals surface area contributed by atoms with Gasteiger partial charge in [0.1, 0.15) is 0 Å². The lowest BCUT2D eigenvalue weighted by Gasteiger charge is -2.14. The number of nitrogens with one attached hydrogen (secondary N) is 3. The Bertz CT molecular complexity index is 710. The Labute approximate surface area is 121 Å². The SMILES string of the molecule is CC(NC(=O)Nc1cn[nH]c1)c1ccc(S(N)(=O)=O)cc1. The molecule has 21 heavy (non-hydrogen) atoms. The number of anilines is 1. The normalized spacial score (nSPS) is 12.7. The molecule has 1 unspecified atom stereocenters. The van der Waals surface area contributed by atoms with Crippen LogP contribution in [0.1, 0.15) is 18.5 Å². The van der Waals surface area contributed by atoms with Crippen molar-refractivity contribution in [3.05, 3.63) is 42.2 Å². The van der Waals surface area contributed by atoms with Crippen LogP contribution in [-0.2, 0) is 10.0 Å². The molecule has 8 nitrogen and oxygen atoms in total. The minimum absolute atomic E-state index is 0.0290. The molecule has 2 aromatic rings. The number of H-pyrrole nitrogens is 1. The van der Waals surface area contributed by atoms with Gasteiger partial charge >= 0.3 is 6.03 Å². The molecule has 0 spiro atoms. The van der Waals surface area contributed by atoms with E-state index in [0.29, 0.717) is 5.69 Å². The standard InChI is InChI=1S/C12H15N5O3S/c1-8(16-12(18)17-10-6-14-15-7-10)9-2-4-11(5-3-9)21(13,19)20/h2-8H,1H3,(H,14,15)(H2,13,19,20)(H2,16,17,18). The molecule has 0 aliphatic carbocycles. The molecule has 1 aromatic carbocycles. The number of carbonyl (C=O) groups excluding carboxylic acids is 1. The molecule has 112 valence electrons. The van der Waals surface area contributed by atoms with Crippen LogP contribution in [0.15, 0.2) is 41.6 Å². The minimum atomic E-state index is -3.71. The molecule has 0 fully saturated rings. The van der Waals surface area contributed by atoms with Crippen molar-refractivity contribution in [1.29, 1.82) is 0 Å². The minimum Gasteiger partial charge on any atom is -0.331 e. The third kappa shape index (κ3) is 4.04. The number of benzene rings is 1. The van der Waals surface area contributed by atoms with Gasteiger partial charge in [-0.25, -0.2) is 18.4 Å². The Morgan fingerprint density at radius 3 is 2.52 bits per heavy atom.